The Morgan fingerprint density at radius 2 is 1.98 bits per heavy atom. The minimum absolute atomic E-state index is 0.00271. The van der Waals surface area contributed by atoms with Gasteiger partial charge in [0.05, 0.1) is 5.39 Å². The Hall–Kier alpha value is -4.00. The lowest BCUT2D eigenvalue weighted by atomic mass is 9.96. The minimum Gasteiger partial charge on any atom is -0.508 e. The highest BCUT2D eigenvalue weighted by Crippen LogP contribution is 2.38. The number of anilines is 1. The average Bonchev–Trinajstić information content (AvgIpc) is 3.60. The second kappa shape index (κ2) is 10.7. The molecule has 3 aliphatic heterocycles. The third-order valence-electron chi connectivity index (χ3n) is 9.02. The van der Waals surface area contributed by atoms with E-state index in [-0.39, 0.29) is 29.0 Å². The quantitative estimate of drug-likeness (QED) is 0.320. The molecule has 7 rings (SSSR count). The van der Waals surface area contributed by atoms with Crippen molar-refractivity contribution in [2.75, 3.05) is 31.1 Å². The first-order chi connectivity index (χ1) is 20.4. The number of piperazine rings is 1. The van der Waals surface area contributed by atoms with Crippen molar-refractivity contribution in [1.29, 1.82) is 0 Å². The molecule has 3 fully saturated rings. The van der Waals surface area contributed by atoms with Crippen LogP contribution in [0.4, 0.5) is 10.2 Å². The number of aromatic hydroxyl groups is 1. The number of aromatic nitrogens is 3. The Balaban J connectivity index is 1.36. The molecule has 0 saturated carbocycles. The summed E-state index contributed by atoms with van der Waals surface area (Å²) in [6.45, 7) is 7.43. The van der Waals surface area contributed by atoms with Crippen LogP contribution in [-0.2, 0) is 0 Å². The molecule has 2 aromatic carbocycles. The Morgan fingerprint density at radius 1 is 1.17 bits per heavy atom. The molecular weight excluding hydrogens is 531 g/mol. The smallest absolute Gasteiger partial charge is 0.319 e. The first-order valence-corrected chi connectivity index (χ1v) is 14.9. The van der Waals surface area contributed by atoms with Crippen molar-refractivity contribution in [2.24, 2.45) is 0 Å². The Bertz CT molecular complexity index is 1710. The van der Waals surface area contributed by atoms with Crippen LogP contribution >= 0.6 is 0 Å². The second-order valence-corrected chi connectivity index (χ2v) is 12.0. The number of hydrogen-bond acceptors (Lipinski definition) is 8. The number of nitrogens with zero attached hydrogens (tertiary/aromatic N) is 5. The molecule has 2 N–H and O–H groups in total. The fourth-order valence-electron chi connectivity index (χ4n) is 7.09. The molecule has 2 aromatic heterocycles. The van der Waals surface area contributed by atoms with Crippen LogP contribution in [0.3, 0.4) is 0 Å². The Kier molecular flexibility index (Phi) is 6.83. The van der Waals surface area contributed by atoms with Crippen molar-refractivity contribution in [3.05, 3.63) is 47.9 Å². The number of benzene rings is 2. The number of ether oxygens (including phenoxy) is 1. The van der Waals surface area contributed by atoms with E-state index >= 15 is 4.39 Å². The number of terminal acetylenes is 1. The number of halogens is 1. The molecule has 4 aromatic rings. The van der Waals surface area contributed by atoms with Gasteiger partial charge in [-0.3, -0.25) is 9.88 Å². The molecule has 3 saturated heterocycles. The zero-order valence-electron chi connectivity index (χ0n) is 24.0. The predicted octanol–water partition coefficient (Wildman–Crippen LogP) is 4.86. The first kappa shape index (κ1) is 26.9. The van der Waals surface area contributed by atoms with Crippen molar-refractivity contribution < 1.29 is 14.2 Å². The SMILES string of the molecule is C#Cc1cccc2cc(O)cc(-c3ncc4c(N5CC6CCC(C5)N6)nc(OC[C@@H]5CCCN5C(C)C)nc4c3F)c12. The standard InChI is InChI=1S/C33H35FN6O2/c1-4-20-7-5-8-21-13-25(41)14-26(28(20)21)30-29(34)31-27(15-35-30)32(39-16-22-10-11-23(17-39)36-22)38-33(37-31)42-18-24-9-6-12-40(24)19(2)3/h1,5,7-8,13-15,19,22-24,36,41H,6,9-12,16-18H2,2-3H3/t22?,23?,24-/m0/s1. The lowest BCUT2D eigenvalue weighted by Gasteiger charge is -2.34. The van der Waals surface area contributed by atoms with Gasteiger partial charge in [-0.2, -0.15) is 9.97 Å². The van der Waals surface area contributed by atoms with Crippen molar-refractivity contribution in [3.8, 4) is 35.4 Å². The van der Waals surface area contributed by atoms with E-state index in [4.69, 9.17) is 16.1 Å². The van der Waals surface area contributed by atoms with Crippen LogP contribution in [-0.4, -0.2) is 75.4 Å². The van der Waals surface area contributed by atoms with Crippen LogP contribution in [0.15, 0.2) is 36.5 Å². The highest BCUT2D eigenvalue weighted by atomic mass is 19.1. The largest absolute Gasteiger partial charge is 0.508 e. The van der Waals surface area contributed by atoms with Gasteiger partial charge in [-0.1, -0.05) is 18.1 Å². The maximum Gasteiger partial charge on any atom is 0.319 e. The summed E-state index contributed by atoms with van der Waals surface area (Å²) in [5, 5.41) is 16.1. The molecule has 3 atom stereocenters. The fraction of sp³-hybridized carbons (Fsp3) is 0.424. The van der Waals surface area contributed by atoms with Gasteiger partial charge in [0, 0.05) is 60.0 Å². The maximum absolute atomic E-state index is 16.7. The number of phenolic OH excluding ortho intramolecular Hbond substituents is 1. The molecular formula is C33H35FN6O2. The molecule has 3 aliphatic rings. The molecule has 0 spiro atoms. The van der Waals surface area contributed by atoms with E-state index in [1.54, 1.807) is 18.3 Å². The van der Waals surface area contributed by atoms with Gasteiger partial charge >= 0.3 is 6.01 Å². The summed E-state index contributed by atoms with van der Waals surface area (Å²) >= 11 is 0. The average molecular weight is 567 g/mol. The van der Waals surface area contributed by atoms with Gasteiger partial charge < -0.3 is 20.1 Å². The van der Waals surface area contributed by atoms with Gasteiger partial charge in [-0.05, 0) is 69.7 Å². The van der Waals surface area contributed by atoms with Crippen molar-refractivity contribution in [3.63, 3.8) is 0 Å². The molecule has 42 heavy (non-hydrogen) atoms. The predicted molar refractivity (Wildman–Crippen MR) is 162 cm³/mol. The van der Waals surface area contributed by atoms with Crippen molar-refractivity contribution in [2.45, 2.75) is 63.7 Å². The summed E-state index contributed by atoms with van der Waals surface area (Å²) in [6.07, 6.45) is 11.8. The third kappa shape index (κ3) is 4.69. The molecule has 0 radical (unpaired) electrons. The molecule has 0 aliphatic carbocycles. The highest BCUT2D eigenvalue weighted by Gasteiger charge is 2.34. The molecule has 8 nitrogen and oxygen atoms in total. The molecule has 216 valence electrons. The molecule has 0 amide bonds. The maximum atomic E-state index is 16.7. The topological polar surface area (TPSA) is 86.6 Å². The van der Waals surface area contributed by atoms with E-state index in [1.165, 1.54) is 6.07 Å². The number of hydrogen-bond donors (Lipinski definition) is 2. The molecule has 2 bridgehead atoms. The van der Waals surface area contributed by atoms with Gasteiger partial charge in [0.1, 0.15) is 29.4 Å². The van der Waals surface area contributed by atoms with Gasteiger partial charge in [0.25, 0.3) is 0 Å². The number of rotatable bonds is 6. The number of fused-ring (bicyclic) bond motifs is 4. The summed E-state index contributed by atoms with van der Waals surface area (Å²) in [4.78, 5) is 18.7. The normalized spacial score (nSPS) is 22.4. The number of nitrogens with one attached hydrogen (secondary N) is 1. The Morgan fingerprint density at radius 3 is 2.74 bits per heavy atom. The minimum atomic E-state index is -0.595. The van der Waals surface area contributed by atoms with Crippen LogP contribution in [0.2, 0.25) is 0 Å². The van der Waals surface area contributed by atoms with E-state index in [1.807, 2.05) is 12.1 Å². The lowest BCUT2D eigenvalue weighted by Crippen LogP contribution is -2.51. The summed E-state index contributed by atoms with van der Waals surface area (Å²) in [5.74, 6) is 2.74. The highest BCUT2D eigenvalue weighted by molar-refractivity contribution is 6.02. The van der Waals surface area contributed by atoms with E-state index in [0.717, 1.165) is 45.3 Å². The Labute approximate surface area is 244 Å². The monoisotopic (exact) mass is 566 g/mol. The van der Waals surface area contributed by atoms with Gasteiger partial charge in [0.2, 0.25) is 0 Å². The van der Waals surface area contributed by atoms with Gasteiger partial charge in [0.15, 0.2) is 5.82 Å². The van der Waals surface area contributed by atoms with Crippen molar-refractivity contribution >= 4 is 27.5 Å². The third-order valence-corrected chi connectivity index (χ3v) is 9.02. The number of pyridine rings is 1. The van der Waals surface area contributed by atoms with Crippen LogP contribution < -0.4 is 15.0 Å². The zero-order valence-corrected chi connectivity index (χ0v) is 24.0. The van der Waals surface area contributed by atoms with E-state index in [2.05, 4.69) is 44.9 Å². The van der Waals surface area contributed by atoms with Crippen LogP contribution in [0.1, 0.15) is 45.1 Å². The molecule has 9 heteroatoms. The lowest BCUT2D eigenvalue weighted by molar-refractivity contribution is 0.138. The van der Waals surface area contributed by atoms with E-state index in [9.17, 15) is 5.11 Å². The number of phenols is 1. The molecule has 2 unspecified atom stereocenters. The zero-order chi connectivity index (χ0) is 29.0. The summed E-state index contributed by atoms with van der Waals surface area (Å²) in [6, 6.07) is 10.2. The van der Waals surface area contributed by atoms with Gasteiger partial charge in [-0.25, -0.2) is 4.39 Å². The second-order valence-electron chi connectivity index (χ2n) is 12.0. The van der Waals surface area contributed by atoms with Crippen LogP contribution in [0.5, 0.6) is 11.8 Å². The number of likely N-dealkylation sites (tertiary alicyclic amines) is 1. The first-order valence-electron chi connectivity index (χ1n) is 14.9. The summed E-state index contributed by atoms with van der Waals surface area (Å²) < 4.78 is 22.9. The summed E-state index contributed by atoms with van der Waals surface area (Å²) in [7, 11) is 0. The molecule has 5 heterocycles. The van der Waals surface area contributed by atoms with E-state index in [0.29, 0.717) is 57.8 Å². The van der Waals surface area contributed by atoms with Crippen LogP contribution in [0.25, 0.3) is 32.9 Å². The van der Waals surface area contributed by atoms with E-state index < -0.39 is 5.82 Å². The van der Waals surface area contributed by atoms with Gasteiger partial charge in [-0.15, -0.1) is 6.42 Å². The van der Waals surface area contributed by atoms with Crippen molar-refractivity contribution in [1.82, 2.24) is 25.2 Å². The van der Waals surface area contributed by atoms with Crippen LogP contribution in [0, 0.1) is 18.2 Å². The fourth-order valence-corrected chi connectivity index (χ4v) is 7.09. The summed E-state index contributed by atoms with van der Waals surface area (Å²) in [5.41, 5.74) is 1.23.